The molecule has 0 aromatic heterocycles. The van der Waals surface area contributed by atoms with Crippen molar-refractivity contribution in [2.24, 2.45) is 5.92 Å². The Labute approximate surface area is 164 Å². The molecule has 0 aliphatic carbocycles. The third kappa shape index (κ3) is 14.1. The van der Waals surface area contributed by atoms with Gasteiger partial charge in [-0.3, -0.25) is 0 Å². The van der Waals surface area contributed by atoms with Crippen LogP contribution in [0.15, 0.2) is 23.8 Å². The predicted molar refractivity (Wildman–Crippen MR) is 121 cm³/mol. The molecule has 0 radical (unpaired) electrons. The average molecular weight is 455 g/mol. The van der Waals surface area contributed by atoms with Gasteiger partial charge in [0, 0.05) is 0 Å². The summed E-state index contributed by atoms with van der Waals surface area (Å²) in [6.07, 6.45) is 20.1. The molecule has 0 rings (SSSR count). The Hall–Kier alpha value is 0.279. The maximum absolute atomic E-state index is 2.63. The van der Waals surface area contributed by atoms with Gasteiger partial charge in [-0.2, -0.15) is 0 Å². The van der Waals surface area contributed by atoms with E-state index in [0.29, 0.717) is 0 Å². The molecule has 1 unspecified atom stereocenters. The minimum atomic E-state index is -1.91. The number of hydrogen-bond acceptors (Lipinski definition) is 0. The SMILES string of the molecule is CCC[CH2][Sn]([CH2]/C=C/CC(C)CCC=C(C)C)([CH2]CCC)[CH2]CCC. The Balaban J connectivity index is 4.56. The second-order valence-corrected chi connectivity index (χ2v) is 22.7. The van der Waals surface area contributed by atoms with Crippen LogP contribution in [0.25, 0.3) is 0 Å². The molecular formula is C24H48Sn. The van der Waals surface area contributed by atoms with Crippen LogP contribution in [0.3, 0.4) is 0 Å². The van der Waals surface area contributed by atoms with Crippen molar-refractivity contribution >= 4 is 18.4 Å². The van der Waals surface area contributed by atoms with E-state index in [9.17, 15) is 0 Å². The molecule has 0 saturated heterocycles. The van der Waals surface area contributed by atoms with Gasteiger partial charge in [0.15, 0.2) is 0 Å². The van der Waals surface area contributed by atoms with E-state index in [1.807, 2.05) is 0 Å². The second-order valence-electron chi connectivity index (χ2n) is 8.69. The first-order valence-electron chi connectivity index (χ1n) is 11.3. The summed E-state index contributed by atoms with van der Waals surface area (Å²) < 4.78 is 6.46. The van der Waals surface area contributed by atoms with Crippen LogP contribution in [0, 0.1) is 5.92 Å². The molecule has 0 heterocycles. The summed E-state index contributed by atoms with van der Waals surface area (Å²) in [5.41, 5.74) is 1.46. The van der Waals surface area contributed by atoms with Gasteiger partial charge in [-0.05, 0) is 0 Å². The topological polar surface area (TPSA) is 0 Å². The fourth-order valence-corrected chi connectivity index (χ4v) is 19.0. The van der Waals surface area contributed by atoms with Gasteiger partial charge in [0.2, 0.25) is 0 Å². The number of rotatable bonds is 16. The van der Waals surface area contributed by atoms with E-state index >= 15 is 0 Å². The van der Waals surface area contributed by atoms with E-state index in [-0.39, 0.29) is 0 Å². The molecule has 0 spiro atoms. The summed E-state index contributed by atoms with van der Waals surface area (Å²) in [5, 5.41) is 0. The Kier molecular flexibility index (Phi) is 16.6. The van der Waals surface area contributed by atoms with Crippen molar-refractivity contribution in [1.82, 2.24) is 0 Å². The molecule has 0 aliphatic rings. The Morgan fingerprint density at radius 1 is 0.840 bits per heavy atom. The van der Waals surface area contributed by atoms with Gasteiger partial charge in [-0.25, -0.2) is 0 Å². The van der Waals surface area contributed by atoms with Crippen LogP contribution < -0.4 is 0 Å². The summed E-state index contributed by atoms with van der Waals surface area (Å²) in [4.78, 5) is 0. The molecule has 1 heteroatoms. The zero-order valence-electron chi connectivity index (χ0n) is 18.5. The first kappa shape index (κ1) is 25.3. The van der Waals surface area contributed by atoms with Crippen LogP contribution in [0.4, 0.5) is 0 Å². The Morgan fingerprint density at radius 3 is 1.80 bits per heavy atom. The molecule has 0 bridgehead atoms. The quantitative estimate of drug-likeness (QED) is 0.161. The average Bonchev–Trinajstić information content (AvgIpc) is 2.59. The third-order valence-corrected chi connectivity index (χ3v) is 20.9. The van der Waals surface area contributed by atoms with Crippen LogP contribution in [-0.4, -0.2) is 18.4 Å². The van der Waals surface area contributed by atoms with E-state index in [1.54, 1.807) is 13.3 Å². The van der Waals surface area contributed by atoms with E-state index in [1.165, 1.54) is 67.8 Å². The van der Waals surface area contributed by atoms with Gasteiger partial charge in [0.1, 0.15) is 0 Å². The van der Waals surface area contributed by atoms with Crippen LogP contribution in [0.5, 0.6) is 0 Å². The van der Waals surface area contributed by atoms with Crippen molar-refractivity contribution in [3.05, 3.63) is 23.8 Å². The van der Waals surface area contributed by atoms with Crippen molar-refractivity contribution in [3.8, 4) is 0 Å². The standard InChI is InChI=1S/C12H21.3C4H9.Sn/c1-5-6-9-12(4)10-7-8-11(2)3;3*1-3-4-2;/h5-6,8,12H,1,7,9-10H2,2-4H3;3*1,3-4H2,2H3;/b6-5+;;;;. The second kappa shape index (κ2) is 16.5. The molecule has 0 aromatic carbocycles. The summed E-state index contributed by atoms with van der Waals surface area (Å²) >= 11 is -1.91. The van der Waals surface area contributed by atoms with Crippen LogP contribution in [0.1, 0.15) is 99.3 Å². The molecule has 0 aromatic rings. The van der Waals surface area contributed by atoms with Gasteiger partial charge in [-0.15, -0.1) is 0 Å². The normalized spacial score (nSPS) is 13.4. The van der Waals surface area contributed by atoms with Crippen molar-refractivity contribution < 1.29 is 0 Å². The molecular weight excluding hydrogens is 407 g/mol. The van der Waals surface area contributed by atoms with E-state index in [2.05, 4.69) is 59.8 Å². The molecule has 148 valence electrons. The van der Waals surface area contributed by atoms with Crippen LogP contribution in [0.2, 0.25) is 17.7 Å². The van der Waals surface area contributed by atoms with Gasteiger partial charge >= 0.3 is 165 Å². The number of allylic oxidation sites excluding steroid dienone is 4. The zero-order chi connectivity index (χ0) is 19.0. The molecule has 25 heavy (non-hydrogen) atoms. The van der Waals surface area contributed by atoms with Gasteiger partial charge in [0.05, 0.1) is 0 Å². The minimum absolute atomic E-state index is 0.832. The summed E-state index contributed by atoms with van der Waals surface area (Å²) in [5.74, 6) is 0.832. The van der Waals surface area contributed by atoms with E-state index < -0.39 is 18.4 Å². The molecule has 1 atom stereocenters. The predicted octanol–water partition coefficient (Wildman–Crippen LogP) is 9.16. The molecule has 0 amide bonds. The first-order valence-corrected chi connectivity index (χ1v) is 19.3. The summed E-state index contributed by atoms with van der Waals surface area (Å²) in [7, 11) is 0. The van der Waals surface area contributed by atoms with E-state index in [4.69, 9.17) is 0 Å². The third-order valence-electron chi connectivity index (χ3n) is 5.65. The van der Waals surface area contributed by atoms with Crippen LogP contribution >= 0.6 is 0 Å². The van der Waals surface area contributed by atoms with E-state index in [0.717, 1.165) is 5.92 Å². The fraction of sp³-hybridized carbons (Fsp3) is 0.833. The molecule has 0 N–H and O–H groups in total. The molecule has 0 aliphatic heterocycles. The van der Waals surface area contributed by atoms with Crippen LogP contribution in [-0.2, 0) is 0 Å². The fourth-order valence-electron chi connectivity index (χ4n) is 3.77. The monoisotopic (exact) mass is 456 g/mol. The molecule has 0 fully saturated rings. The maximum atomic E-state index is 2.63. The van der Waals surface area contributed by atoms with Gasteiger partial charge in [-0.1, -0.05) is 0 Å². The Morgan fingerprint density at radius 2 is 1.36 bits per heavy atom. The number of hydrogen-bond donors (Lipinski definition) is 0. The van der Waals surface area contributed by atoms with Crippen molar-refractivity contribution in [2.75, 3.05) is 0 Å². The van der Waals surface area contributed by atoms with Gasteiger partial charge < -0.3 is 0 Å². The summed E-state index contributed by atoms with van der Waals surface area (Å²) in [6.45, 7) is 14.0. The van der Waals surface area contributed by atoms with Crippen molar-refractivity contribution in [1.29, 1.82) is 0 Å². The van der Waals surface area contributed by atoms with Crippen molar-refractivity contribution in [2.45, 2.75) is 117 Å². The Bertz CT molecular complexity index is 327. The first-order chi connectivity index (χ1) is 12.0. The zero-order valence-corrected chi connectivity index (χ0v) is 21.4. The molecule has 0 nitrogen and oxygen atoms in total. The number of unbranched alkanes of at least 4 members (excludes halogenated alkanes) is 3. The van der Waals surface area contributed by atoms with Crippen molar-refractivity contribution in [3.63, 3.8) is 0 Å². The summed E-state index contributed by atoms with van der Waals surface area (Å²) in [6, 6.07) is 0. The van der Waals surface area contributed by atoms with Gasteiger partial charge in [0.25, 0.3) is 0 Å². The molecule has 0 saturated carbocycles.